The largest absolute Gasteiger partial charge is 0.435 e. The van der Waals surface area contributed by atoms with Crippen LogP contribution < -0.4 is 0 Å². The summed E-state index contributed by atoms with van der Waals surface area (Å²) < 4.78 is 38.6. The standard InChI is InChI=1S/C12H15F3N2/c13-12(14,15)11-3-4-17(16-11)7-10-6-8-1-2-9(10)5-8/h3-4,8-10H,1-2,5-7H2. The Morgan fingerprint density at radius 2 is 2.12 bits per heavy atom. The molecule has 94 valence electrons. The molecule has 1 heterocycles. The third-order valence-corrected chi connectivity index (χ3v) is 4.24. The van der Waals surface area contributed by atoms with Crippen LogP contribution >= 0.6 is 0 Å². The van der Waals surface area contributed by atoms with Gasteiger partial charge in [0, 0.05) is 12.7 Å². The van der Waals surface area contributed by atoms with Crippen molar-refractivity contribution in [1.29, 1.82) is 0 Å². The van der Waals surface area contributed by atoms with Gasteiger partial charge in [0.2, 0.25) is 0 Å². The molecular formula is C12H15F3N2. The molecule has 1 aromatic heterocycles. The maximum absolute atomic E-state index is 12.4. The minimum absolute atomic E-state index is 0.537. The first-order valence-corrected chi connectivity index (χ1v) is 6.13. The van der Waals surface area contributed by atoms with Crippen LogP contribution in [-0.4, -0.2) is 9.78 Å². The summed E-state index contributed by atoms with van der Waals surface area (Å²) in [5.41, 5.74) is -0.777. The molecule has 2 nitrogen and oxygen atoms in total. The van der Waals surface area contributed by atoms with Crippen molar-refractivity contribution in [3.63, 3.8) is 0 Å². The summed E-state index contributed by atoms with van der Waals surface area (Å²) >= 11 is 0. The molecule has 2 aliphatic rings. The molecule has 2 saturated carbocycles. The SMILES string of the molecule is FC(F)(F)c1ccn(CC2CC3CCC2C3)n1. The van der Waals surface area contributed by atoms with Crippen molar-refractivity contribution in [1.82, 2.24) is 9.78 Å². The van der Waals surface area contributed by atoms with Crippen molar-refractivity contribution < 1.29 is 13.2 Å². The average Bonchev–Trinajstić information content (AvgIpc) is 2.89. The molecule has 1 aromatic rings. The zero-order valence-electron chi connectivity index (χ0n) is 9.45. The number of hydrogen-bond acceptors (Lipinski definition) is 1. The van der Waals surface area contributed by atoms with Gasteiger partial charge in [-0.1, -0.05) is 6.42 Å². The molecule has 2 aliphatic carbocycles. The van der Waals surface area contributed by atoms with Crippen LogP contribution in [0.25, 0.3) is 0 Å². The highest BCUT2D eigenvalue weighted by molar-refractivity contribution is 5.03. The normalized spacial score (nSPS) is 32.3. The predicted octanol–water partition coefficient (Wildman–Crippen LogP) is 3.34. The molecule has 3 rings (SSSR count). The molecule has 0 aromatic carbocycles. The fourth-order valence-corrected chi connectivity index (χ4v) is 3.45. The van der Waals surface area contributed by atoms with E-state index in [0.29, 0.717) is 12.5 Å². The van der Waals surface area contributed by atoms with Crippen LogP contribution in [0.5, 0.6) is 0 Å². The van der Waals surface area contributed by atoms with E-state index in [0.717, 1.165) is 17.9 Å². The molecule has 0 saturated heterocycles. The fraction of sp³-hybridized carbons (Fsp3) is 0.750. The smallest absolute Gasteiger partial charge is 0.272 e. The van der Waals surface area contributed by atoms with Crippen LogP contribution in [-0.2, 0) is 12.7 Å². The van der Waals surface area contributed by atoms with E-state index < -0.39 is 11.9 Å². The van der Waals surface area contributed by atoms with Crippen LogP contribution in [0.4, 0.5) is 13.2 Å². The summed E-state index contributed by atoms with van der Waals surface area (Å²) in [7, 11) is 0. The molecule has 3 atom stereocenters. The highest BCUT2D eigenvalue weighted by atomic mass is 19.4. The van der Waals surface area contributed by atoms with Gasteiger partial charge in [-0.2, -0.15) is 18.3 Å². The van der Waals surface area contributed by atoms with E-state index >= 15 is 0 Å². The first-order chi connectivity index (χ1) is 8.02. The molecule has 0 N–H and O–H groups in total. The van der Waals surface area contributed by atoms with Crippen LogP contribution in [0.15, 0.2) is 12.3 Å². The zero-order valence-corrected chi connectivity index (χ0v) is 9.45. The number of alkyl halides is 3. The highest BCUT2D eigenvalue weighted by Crippen LogP contribution is 2.48. The molecule has 2 bridgehead atoms. The average molecular weight is 244 g/mol. The third kappa shape index (κ3) is 2.07. The van der Waals surface area contributed by atoms with Gasteiger partial charge in [-0.15, -0.1) is 0 Å². The van der Waals surface area contributed by atoms with E-state index in [4.69, 9.17) is 0 Å². The lowest BCUT2D eigenvalue weighted by atomic mass is 9.89. The second-order valence-corrected chi connectivity index (χ2v) is 5.36. The molecule has 0 aliphatic heterocycles. The highest BCUT2D eigenvalue weighted by Gasteiger charge is 2.40. The molecular weight excluding hydrogens is 229 g/mol. The van der Waals surface area contributed by atoms with Crippen molar-refractivity contribution in [3.8, 4) is 0 Å². The minimum Gasteiger partial charge on any atom is -0.272 e. The Bertz CT molecular complexity index is 410. The van der Waals surface area contributed by atoms with Gasteiger partial charge in [-0.05, 0) is 43.1 Å². The summed E-state index contributed by atoms with van der Waals surface area (Å²) in [6, 6.07) is 1.06. The molecule has 3 unspecified atom stereocenters. The summed E-state index contributed by atoms with van der Waals surface area (Å²) in [5, 5.41) is 3.62. The van der Waals surface area contributed by atoms with Crippen molar-refractivity contribution in [2.45, 2.75) is 38.4 Å². The van der Waals surface area contributed by atoms with Crippen LogP contribution in [0.1, 0.15) is 31.4 Å². The van der Waals surface area contributed by atoms with Gasteiger partial charge in [-0.25, -0.2) is 0 Å². The lowest BCUT2D eigenvalue weighted by Crippen LogP contribution is -2.18. The van der Waals surface area contributed by atoms with Crippen molar-refractivity contribution >= 4 is 0 Å². The molecule has 0 spiro atoms. The summed E-state index contributed by atoms with van der Waals surface area (Å²) in [4.78, 5) is 0. The predicted molar refractivity (Wildman–Crippen MR) is 56.2 cm³/mol. The summed E-state index contributed by atoms with van der Waals surface area (Å²) in [5.74, 6) is 2.08. The Labute approximate surface area is 97.8 Å². The summed E-state index contributed by atoms with van der Waals surface area (Å²) in [6.45, 7) is 0.650. The monoisotopic (exact) mass is 244 g/mol. The number of halogens is 3. The van der Waals surface area contributed by atoms with E-state index in [1.165, 1.54) is 36.6 Å². The number of fused-ring (bicyclic) bond motifs is 2. The van der Waals surface area contributed by atoms with Gasteiger partial charge < -0.3 is 0 Å². The van der Waals surface area contributed by atoms with E-state index in [-0.39, 0.29) is 0 Å². The Balaban J connectivity index is 1.68. The van der Waals surface area contributed by atoms with Gasteiger partial charge in [0.25, 0.3) is 0 Å². The maximum atomic E-state index is 12.4. The molecule has 0 amide bonds. The molecule has 17 heavy (non-hydrogen) atoms. The Morgan fingerprint density at radius 1 is 1.29 bits per heavy atom. The maximum Gasteiger partial charge on any atom is 0.435 e. The molecule has 5 heteroatoms. The molecule has 2 fully saturated rings. The Morgan fingerprint density at radius 3 is 2.65 bits per heavy atom. The van der Waals surface area contributed by atoms with Crippen molar-refractivity contribution in [3.05, 3.63) is 18.0 Å². The lowest BCUT2D eigenvalue weighted by molar-refractivity contribution is -0.141. The van der Waals surface area contributed by atoms with E-state index in [2.05, 4.69) is 5.10 Å². The van der Waals surface area contributed by atoms with Crippen LogP contribution in [0.3, 0.4) is 0 Å². The van der Waals surface area contributed by atoms with Gasteiger partial charge in [0.1, 0.15) is 0 Å². The van der Waals surface area contributed by atoms with Gasteiger partial charge in [0.15, 0.2) is 5.69 Å². The number of aromatic nitrogens is 2. The van der Waals surface area contributed by atoms with Crippen molar-refractivity contribution in [2.24, 2.45) is 17.8 Å². The summed E-state index contributed by atoms with van der Waals surface area (Å²) in [6.07, 6.45) is 2.15. The Hall–Kier alpha value is -1.00. The third-order valence-electron chi connectivity index (χ3n) is 4.24. The topological polar surface area (TPSA) is 17.8 Å². The minimum atomic E-state index is -4.32. The second-order valence-electron chi connectivity index (χ2n) is 5.36. The van der Waals surface area contributed by atoms with E-state index in [1.807, 2.05) is 0 Å². The lowest BCUT2D eigenvalue weighted by Gasteiger charge is -2.21. The van der Waals surface area contributed by atoms with Crippen LogP contribution in [0, 0.1) is 17.8 Å². The Kier molecular flexibility index (Phi) is 2.45. The van der Waals surface area contributed by atoms with Crippen LogP contribution in [0.2, 0.25) is 0 Å². The first-order valence-electron chi connectivity index (χ1n) is 6.13. The number of hydrogen-bond donors (Lipinski definition) is 0. The number of nitrogens with zero attached hydrogens (tertiary/aromatic N) is 2. The quantitative estimate of drug-likeness (QED) is 0.780. The molecule has 0 radical (unpaired) electrons. The fourth-order valence-electron chi connectivity index (χ4n) is 3.45. The first kappa shape index (κ1) is 11.1. The zero-order chi connectivity index (χ0) is 12.0. The van der Waals surface area contributed by atoms with Gasteiger partial charge >= 0.3 is 6.18 Å². The van der Waals surface area contributed by atoms with E-state index in [1.54, 1.807) is 0 Å². The van der Waals surface area contributed by atoms with E-state index in [9.17, 15) is 13.2 Å². The van der Waals surface area contributed by atoms with Gasteiger partial charge in [-0.3, -0.25) is 4.68 Å². The van der Waals surface area contributed by atoms with Gasteiger partial charge in [0.05, 0.1) is 0 Å². The number of rotatable bonds is 2. The second kappa shape index (κ2) is 3.75. The van der Waals surface area contributed by atoms with Crippen molar-refractivity contribution in [2.75, 3.05) is 0 Å².